The number of hydrogen-bond acceptors (Lipinski definition) is 7. The van der Waals surface area contributed by atoms with Crippen LogP contribution in [0.1, 0.15) is 16.3 Å². The summed E-state index contributed by atoms with van der Waals surface area (Å²) in [6.07, 6.45) is 1.51. The van der Waals surface area contributed by atoms with Gasteiger partial charge in [-0.1, -0.05) is 30.0 Å². The van der Waals surface area contributed by atoms with E-state index in [9.17, 15) is 9.59 Å². The average Bonchev–Trinajstić information content (AvgIpc) is 3.28. The van der Waals surface area contributed by atoms with Gasteiger partial charge in [-0.15, -0.1) is 11.3 Å². The molecule has 0 bridgehead atoms. The van der Waals surface area contributed by atoms with E-state index < -0.39 is 0 Å². The van der Waals surface area contributed by atoms with Crippen molar-refractivity contribution >= 4 is 44.3 Å². The van der Waals surface area contributed by atoms with E-state index in [1.165, 1.54) is 29.3 Å². The SMILES string of the molecule is Cc1sc2nc(CSc3nc4c(cnn4-c4ccccc4)c(=O)[nH]3)[nH]c(=O)c2c1C. The van der Waals surface area contributed by atoms with Gasteiger partial charge in [0.2, 0.25) is 0 Å². The molecule has 0 aliphatic rings. The molecule has 0 saturated heterocycles. The first-order valence-electron chi connectivity index (χ1n) is 9.16. The summed E-state index contributed by atoms with van der Waals surface area (Å²) in [7, 11) is 0. The minimum absolute atomic E-state index is 0.142. The fourth-order valence-electron chi connectivity index (χ4n) is 3.23. The molecule has 1 aromatic carbocycles. The summed E-state index contributed by atoms with van der Waals surface area (Å²) < 4.78 is 1.64. The minimum atomic E-state index is -0.258. The van der Waals surface area contributed by atoms with Gasteiger partial charge in [0.1, 0.15) is 16.0 Å². The number of rotatable bonds is 4. The number of aromatic nitrogens is 6. The van der Waals surface area contributed by atoms with Crippen molar-refractivity contribution in [2.45, 2.75) is 24.8 Å². The van der Waals surface area contributed by atoms with Crippen LogP contribution in [0.5, 0.6) is 0 Å². The second-order valence-corrected chi connectivity index (χ2v) is 8.93. The standard InChI is InChI=1S/C20H16N6O2S2/c1-10-11(2)30-19-15(10)18(28)22-14(23-19)9-29-20-24-16-13(17(27)25-20)8-21-26(16)12-6-4-3-5-7-12/h3-8H,9H2,1-2H3,(H,22,23,28)(H,24,25,27). The maximum atomic E-state index is 12.5. The number of para-hydroxylation sites is 1. The molecule has 4 aromatic heterocycles. The van der Waals surface area contributed by atoms with Crippen LogP contribution in [0.3, 0.4) is 0 Å². The summed E-state index contributed by atoms with van der Waals surface area (Å²) >= 11 is 2.81. The van der Waals surface area contributed by atoms with Crippen molar-refractivity contribution in [3.8, 4) is 5.69 Å². The van der Waals surface area contributed by atoms with Gasteiger partial charge in [-0.2, -0.15) is 5.10 Å². The molecule has 0 spiro atoms. The summed E-state index contributed by atoms with van der Waals surface area (Å²) in [6.45, 7) is 3.91. The summed E-state index contributed by atoms with van der Waals surface area (Å²) in [5, 5.41) is 5.81. The Hall–Kier alpha value is -3.24. The minimum Gasteiger partial charge on any atom is -0.309 e. The Labute approximate surface area is 178 Å². The largest absolute Gasteiger partial charge is 0.309 e. The number of aryl methyl sites for hydroxylation is 2. The highest BCUT2D eigenvalue weighted by molar-refractivity contribution is 7.98. The van der Waals surface area contributed by atoms with Crippen LogP contribution in [0.2, 0.25) is 0 Å². The van der Waals surface area contributed by atoms with Gasteiger partial charge in [-0.05, 0) is 31.5 Å². The van der Waals surface area contributed by atoms with Crippen molar-refractivity contribution in [1.29, 1.82) is 0 Å². The van der Waals surface area contributed by atoms with E-state index in [2.05, 4.69) is 25.0 Å². The number of hydrogen-bond donors (Lipinski definition) is 2. The smallest absolute Gasteiger partial charge is 0.262 e. The zero-order valence-electron chi connectivity index (χ0n) is 16.1. The van der Waals surface area contributed by atoms with Gasteiger partial charge in [0.05, 0.1) is 23.0 Å². The Morgan fingerprint density at radius 2 is 1.87 bits per heavy atom. The number of nitrogens with zero attached hydrogens (tertiary/aromatic N) is 4. The third kappa shape index (κ3) is 3.14. The van der Waals surface area contributed by atoms with Crippen LogP contribution in [0.15, 0.2) is 51.3 Å². The summed E-state index contributed by atoms with van der Waals surface area (Å²) in [6, 6.07) is 9.52. The monoisotopic (exact) mass is 436 g/mol. The maximum Gasteiger partial charge on any atom is 0.262 e. The Morgan fingerprint density at radius 3 is 2.67 bits per heavy atom. The molecule has 10 heteroatoms. The van der Waals surface area contributed by atoms with Crippen LogP contribution >= 0.6 is 23.1 Å². The van der Waals surface area contributed by atoms with Crippen molar-refractivity contribution in [1.82, 2.24) is 29.7 Å². The number of aromatic amines is 2. The number of fused-ring (bicyclic) bond motifs is 2. The molecule has 0 aliphatic heterocycles. The lowest BCUT2D eigenvalue weighted by Gasteiger charge is -2.04. The van der Waals surface area contributed by atoms with Crippen molar-refractivity contribution in [2.24, 2.45) is 0 Å². The number of thiophene rings is 1. The first-order valence-corrected chi connectivity index (χ1v) is 11.0. The van der Waals surface area contributed by atoms with E-state index >= 15 is 0 Å². The van der Waals surface area contributed by atoms with Crippen LogP contribution in [-0.2, 0) is 5.75 Å². The Morgan fingerprint density at radius 1 is 1.07 bits per heavy atom. The molecular formula is C20H16N6O2S2. The van der Waals surface area contributed by atoms with Gasteiger partial charge in [0.15, 0.2) is 10.8 Å². The quantitative estimate of drug-likeness (QED) is 0.330. The molecule has 0 aliphatic carbocycles. The van der Waals surface area contributed by atoms with Crippen molar-refractivity contribution < 1.29 is 0 Å². The highest BCUT2D eigenvalue weighted by Crippen LogP contribution is 2.27. The van der Waals surface area contributed by atoms with Gasteiger partial charge < -0.3 is 9.97 Å². The van der Waals surface area contributed by atoms with Crippen molar-refractivity contribution in [3.63, 3.8) is 0 Å². The first kappa shape index (κ1) is 18.8. The van der Waals surface area contributed by atoms with E-state index in [0.29, 0.717) is 33.2 Å². The second kappa shape index (κ2) is 7.22. The molecule has 0 amide bonds. The third-order valence-electron chi connectivity index (χ3n) is 4.85. The number of H-pyrrole nitrogens is 2. The molecule has 4 heterocycles. The Bertz CT molecular complexity index is 1510. The number of nitrogens with one attached hydrogen (secondary N) is 2. The molecule has 2 N–H and O–H groups in total. The lowest BCUT2D eigenvalue weighted by molar-refractivity contribution is 0.872. The lowest BCUT2D eigenvalue weighted by atomic mass is 10.2. The molecule has 5 rings (SSSR count). The zero-order chi connectivity index (χ0) is 20.8. The highest BCUT2D eigenvalue weighted by atomic mass is 32.2. The molecule has 0 saturated carbocycles. The zero-order valence-corrected chi connectivity index (χ0v) is 17.7. The van der Waals surface area contributed by atoms with Crippen molar-refractivity contribution in [2.75, 3.05) is 0 Å². The topological polar surface area (TPSA) is 109 Å². The number of thioether (sulfide) groups is 1. The molecule has 8 nitrogen and oxygen atoms in total. The van der Waals surface area contributed by atoms with Crippen LogP contribution in [0, 0.1) is 13.8 Å². The highest BCUT2D eigenvalue weighted by Gasteiger charge is 2.14. The Balaban J connectivity index is 1.50. The normalized spacial score (nSPS) is 11.5. The average molecular weight is 437 g/mol. The van der Waals surface area contributed by atoms with E-state index in [-0.39, 0.29) is 11.1 Å². The molecular weight excluding hydrogens is 420 g/mol. The molecule has 150 valence electrons. The van der Waals surface area contributed by atoms with Crippen molar-refractivity contribution in [3.05, 3.63) is 73.5 Å². The van der Waals surface area contributed by atoms with E-state index in [4.69, 9.17) is 0 Å². The van der Waals surface area contributed by atoms with Crippen LogP contribution in [0.4, 0.5) is 0 Å². The fourth-order valence-corrected chi connectivity index (χ4v) is 5.00. The third-order valence-corrected chi connectivity index (χ3v) is 6.84. The summed E-state index contributed by atoms with van der Waals surface area (Å²) in [5.41, 5.74) is 1.87. The molecule has 0 atom stereocenters. The predicted molar refractivity (Wildman–Crippen MR) is 119 cm³/mol. The van der Waals surface area contributed by atoms with Crippen LogP contribution in [-0.4, -0.2) is 29.7 Å². The lowest BCUT2D eigenvalue weighted by Crippen LogP contribution is -2.12. The molecule has 0 fully saturated rings. The maximum absolute atomic E-state index is 12.5. The van der Waals surface area contributed by atoms with Gasteiger partial charge in [-0.3, -0.25) is 9.59 Å². The molecule has 0 unspecified atom stereocenters. The Kier molecular flexibility index (Phi) is 4.52. The molecule has 5 aromatic rings. The van der Waals surface area contributed by atoms with Crippen LogP contribution in [0.25, 0.3) is 26.9 Å². The second-order valence-electron chi connectivity index (χ2n) is 6.76. The molecule has 0 radical (unpaired) electrons. The van der Waals surface area contributed by atoms with Gasteiger partial charge in [0, 0.05) is 4.88 Å². The van der Waals surface area contributed by atoms with Crippen LogP contribution < -0.4 is 11.1 Å². The van der Waals surface area contributed by atoms with Gasteiger partial charge in [-0.25, -0.2) is 14.6 Å². The summed E-state index contributed by atoms with van der Waals surface area (Å²) in [5.74, 6) is 0.910. The van der Waals surface area contributed by atoms with E-state index in [1.807, 2.05) is 44.2 Å². The van der Waals surface area contributed by atoms with Gasteiger partial charge >= 0.3 is 0 Å². The predicted octanol–water partition coefficient (Wildman–Crippen LogP) is 3.32. The van der Waals surface area contributed by atoms with Gasteiger partial charge in [0.25, 0.3) is 11.1 Å². The summed E-state index contributed by atoms with van der Waals surface area (Å²) in [4.78, 5) is 41.5. The van der Waals surface area contributed by atoms with E-state index in [1.54, 1.807) is 4.68 Å². The fraction of sp³-hybridized carbons (Fsp3) is 0.150. The first-order chi connectivity index (χ1) is 14.5. The molecule has 30 heavy (non-hydrogen) atoms. The number of benzene rings is 1. The van der Waals surface area contributed by atoms with E-state index in [0.717, 1.165) is 21.0 Å².